The van der Waals surface area contributed by atoms with Crippen molar-refractivity contribution in [3.63, 3.8) is 0 Å². The summed E-state index contributed by atoms with van der Waals surface area (Å²) in [5, 5.41) is 2.69. The highest BCUT2D eigenvalue weighted by Gasteiger charge is 2.30. The van der Waals surface area contributed by atoms with E-state index in [9.17, 15) is 18.4 Å². The molecule has 0 spiro atoms. The number of aromatic amines is 1. The van der Waals surface area contributed by atoms with Gasteiger partial charge >= 0.3 is 6.09 Å². The van der Waals surface area contributed by atoms with Crippen molar-refractivity contribution in [2.45, 2.75) is 71.3 Å². The molecule has 0 radical (unpaired) electrons. The van der Waals surface area contributed by atoms with Gasteiger partial charge in [-0.05, 0) is 82.3 Å². The number of imidazole rings is 1. The van der Waals surface area contributed by atoms with Crippen molar-refractivity contribution in [1.82, 2.24) is 14.9 Å². The number of amides is 2. The van der Waals surface area contributed by atoms with Crippen LogP contribution in [0.15, 0.2) is 42.5 Å². The van der Waals surface area contributed by atoms with Gasteiger partial charge in [0.1, 0.15) is 22.9 Å². The number of carbonyl (C=O) groups is 2. The highest BCUT2D eigenvalue weighted by molar-refractivity contribution is 6.04. The summed E-state index contributed by atoms with van der Waals surface area (Å²) in [4.78, 5) is 35.0. The van der Waals surface area contributed by atoms with Crippen LogP contribution in [0, 0.1) is 6.92 Å². The van der Waals surface area contributed by atoms with Gasteiger partial charge in [-0.25, -0.2) is 18.6 Å². The van der Waals surface area contributed by atoms with E-state index in [1.54, 1.807) is 25.0 Å². The van der Waals surface area contributed by atoms with Crippen molar-refractivity contribution in [2.24, 2.45) is 0 Å². The fourth-order valence-electron chi connectivity index (χ4n) is 4.94. The van der Waals surface area contributed by atoms with Crippen molar-refractivity contribution < 1.29 is 27.8 Å². The minimum absolute atomic E-state index is 0.153. The number of piperidine rings is 1. The molecule has 220 valence electrons. The number of rotatable bonds is 7. The summed E-state index contributed by atoms with van der Waals surface area (Å²) in [6, 6.07) is 11.4. The summed E-state index contributed by atoms with van der Waals surface area (Å²) in [5.41, 5.74) is 2.08. The first-order valence-corrected chi connectivity index (χ1v) is 13.8. The smallest absolute Gasteiger partial charge is 0.410 e. The Balaban J connectivity index is 1.51. The molecular weight excluding hydrogens is 530 g/mol. The Kier molecular flexibility index (Phi) is 8.70. The second-order valence-corrected chi connectivity index (χ2v) is 11.4. The number of halogens is 2. The number of aryl methyl sites for hydroxylation is 1. The Morgan fingerprint density at radius 3 is 2.46 bits per heavy atom. The number of hydrogen-bond acceptors (Lipinski definition) is 5. The van der Waals surface area contributed by atoms with Gasteiger partial charge in [0.05, 0.1) is 7.11 Å². The average Bonchev–Trinajstić information content (AvgIpc) is 3.33. The molecule has 0 atom stereocenters. The van der Waals surface area contributed by atoms with Crippen LogP contribution in [-0.4, -0.2) is 52.7 Å². The average molecular weight is 569 g/mol. The normalized spacial score (nSPS) is 14.6. The van der Waals surface area contributed by atoms with Gasteiger partial charge < -0.3 is 24.7 Å². The molecule has 3 aromatic rings. The largest absolute Gasteiger partial charge is 0.496 e. The maximum absolute atomic E-state index is 14.2. The van der Waals surface area contributed by atoms with Crippen LogP contribution in [0.2, 0.25) is 0 Å². The van der Waals surface area contributed by atoms with Gasteiger partial charge in [0.2, 0.25) is 0 Å². The van der Waals surface area contributed by atoms with Crippen LogP contribution in [0.25, 0.3) is 11.4 Å². The summed E-state index contributed by atoms with van der Waals surface area (Å²) in [6.45, 7) is 9.86. The van der Waals surface area contributed by atoms with Crippen LogP contribution in [0.3, 0.4) is 0 Å². The zero-order valence-electron chi connectivity index (χ0n) is 24.4. The third-order valence-electron chi connectivity index (χ3n) is 7.18. The van der Waals surface area contributed by atoms with E-state index in [1.165, 1.54) is 25.1 Å². The Morgan fingerprint density at radius 2 is 1.83 bits per heavy atom. The zero-order valence-corrected chi connectivity index (χ0v) is 24.4. The molecule has 1 aliphatic heterocycles. The Bertz CT molecular complexity index is 1410. The number of H-pyrrole nitrogens is 1. The number of likely N-dealkylation sites (tertiary alicyclic amines) is 1. The summed E-state index contributed by atoms with van der Waals surface area (Å²) in [6.07, 6.45) is 0.860. The van der Waals surface area contributed by atoms with E-state index in [0.717, 1.165) is 29.7 Å². The second kappa shape index (κ2) is 11.9. The number of ether oxygens (including phenoxy) is 2. The number of hydrogen-bond donors (Lipinski definition) is 2. The van der Waals surface area contributed by atoms with Crippen LogP contribution in [0.5, 0.6) is 5.75 Å². The molecule has 8 nitrogen and oxygen atoms in total. The van der Waals surface area contributed by atoms with Gasteiger partial charge in [-0.3, -0.25) is 4.79 Å². The maximum Gasteiger partial charge on any atom is 0.410 e. The minimum Gasteiger partial charge on any atom is -0.496 e. The number of methoxy groups -OCH3 is 1. The van der Waals surface area contributed by atoms with Gasteiger partial charge in [0.25, 0.3) is 11.8 Å². The number of nitrogens with zero attached hydrogens (tertiary/aromatic N) is 2. The van der Waals surface area contributed by atoms with Gasteiger partial charge in [-0.1, -0.05) is 19.1 Å². The fourth-order valence-corrected chi connectivity index (χ4v) is 4.94. The third-order valence-corrected chi connectivity index (χ3v) is 7.18. The topological polar surface area (TPSA) is 96.6 Å². The fraction of sp³-hybridized carbons (Fsp3) is 0.452. The van der Waals surface area contributed by atoms with E-state index < -0.39 is 17.4 Å². The molecule has 0 saturated carbocycles. The molecule has 4 rings (SSSR count). The Hall–Kier alpha value is -3.95. The number of benzene rings is 2. The predicted octanol–water partition coefficient (Wildman–Crippen LogP) is 7.26. The van der Waals surface area contributed by atoms with Gasteiger partial charge in [0, 0.05) is 42.0 Å². The summed E-state index contributed by atoms with van der Waals surface area (Å²) in [5.74, 6) is -2.06. The zero-order chi connectivity index (χ0) is 29.9. The number of aromatic nitrogens is 2. The van der Waals surface area contributed by atoms with E-state index in [1.807, 2.05) is 39.0 Å². The quantitative estimate of drug-likeness (QED) is 0.313. The summed E-state index contributed by atoms with van der Waals surface area (Å²) < 4.78 is 39.5. The molecular formula is C31H38F2N4O4. The van der Waals surface area contributed by atoms with Crippen LogP contribution < -0.4 is 10.1 Å². The molecule has 2 aromatic carbocycles. The lowest BCUT2D eigenvalue weighted by atomic mass is 9.88. The van der Waals surface area contributed by atoms with Gasteiger partial charge in [-0.15, -0.1) is 0 Å². The molecule has 0 bridgehead atoms. The molecule has 10 heteroatoms. The van der Waals surface area contributed by atoms with E-state index in [4.69, 9.17) is 9.47 Å². The van der Waals surface area contributed by atoms with Crippen molar-refractivity contribution in [2.75, 3.05) is 25.5 Å². The number of anilines is 1. The molecule has 1 aliphatic rings. The van der Waals surface area contributed by atoms with Gasteiger partial charge in [-0.2, -0.15) is 0 Å². The van der Waals surface area contributed by atoms with Crippen LogP contribution in [0.4, 0.5) is 19.3 Å². The Labute approximate surface area is 239 Å². The molecule has 0 aliphatic carbocycles. The van der Waals surface area contributed by atoms with Crippen LogP contribution >= 0.6 is 0 Å². The van der Waals surface area contributed by atoms with Crippen LogP contribution in [0.1, 0.15) is 80.2 Å². The number of alkyl halides is 2. The SMILES string of the molecule is CCC(F)(F)c1cccc(NC(=O)c2nc(-c3ccc(OC)c(C4CCN(C(=O)OC(C)(C)C)CC4)c3)[nH]c2C)c1. The third kappa shape index (κ3) is 7.04. The molecule has 1 aromatic heterocycles. The van der Waals surface area contributed by atoms with Crippen molar-refractivity contribution in [1.29, 1.82) is 0 Å². The number of nitrogens with one attached hydrogen (secondary N) is 2. The molecule has 1 fully saturated rings. The molecule has 41 heavy (non-hydrogen) atoms. The maximum atomic E-state index is 14.2. The van der Waals surface area contributed by atoms with Crippen LogP contribution in [-0.2, 0) is 10.7 Å². The second-order valence-electron chi connectivity index (χ2n) is 11.4. The van der Waals surface area contributed by atoms with E-state index >= 15 is 0 Å². The van der Waals surface area contributed by atoms with Crippen molar-refractivity contribution >= 4 is 17.7 Å². The lowest BCUT2D eigenvalue weighted by molar-refractivity contribution is -0.00826. The van der Waals surface area contributed by atoms with E-state index in [2.05, 4.69) is 15.3 Å². The first-order chi connectivity index (χ1) is 19.3. The molecule has 2 amide bonds. The summed E-state index contributed by atoms with van der Waals surface area (Å²) >= 11 is 0. The lowest BCUT2D eigenvalue weighted by Gasteiger charge is -2.34. The molecule has 2 heterocycles. The van der Waals surface area contributed by atoms with Crippen molar-refractivity contribution in [3.8, 4) is 17.1 Å². The monoisotopic (exact) mass is 568 g/mol. The predicted molar refractivity (Wildman–Crippen MR) is 154 cm³/mol. The lowest BCUT2D eigenvalue weighted by Crippen LogP contribution is -2.41. The highest BCUT2D eigenvalue weighted by atomic mass is 19.3. The first kappa shape index (κ1) is 30.0. The summed E-state index contributed by atoms with van der Waals surface area (Å²) in [7, 11) is 1.62. The van der Waals surface area contributed by atoms with E-state index in [0.29, 0.717) is 24.6 Å². The Morgan fingerprint density at radius 1 is 1.12 bits per heavy atom. The molecule has 0 unspecified atom stereocenters. The van der Waals surface area contributed by atoms with Gasteiger partial charge in [0.15, 0.2) is 0 Å². The molecule has 1 saturated heterocycles. The standard InChI is InChI=1S/C31H38F2N4O4/c1-7-31(32,33)22-9-8-10-23(18-22)35-28(38)26-19(2)34-27(36-26)21-11-12-25(40-6)24(17-21)20-13-15-37(16-14-20)29(39)41-30(3,4)5/h8-12,17-18,20H,7,13-16H2,1-6H3,(H,34,36)(H,35,38). The van der Waals surface area contributed by atoms with E-state index in [-0.39, 0.29) is 35.4 Å². The molecule has 2 N–H and O–H groups in total. The minimum atomic E-state index is -2.98. The number of carbonyl (C=O) groups excluding carboxylic acids is 2. The first-order valence-electron chi connectivity index (χ1n) is 13.8. The highest BCUT2D eigenvalue weighted by Crippen LogP contribution is 2.37. The van der Waals surface area contributed by atoms with Crippen molar-refractivity contribution in [3.05, 3.63) is 65.0 Å².